The topological polar surface area (TPSA) is 169 Å². The smallest absolute Gasteiger partial charge is 0.267 e. The zero-order valence-electron chi connectivity index (χ0n) is 19.2. The fourth-order valence-corrected chi connectivity index (χ4v) is 3.00. The Balaban J connectivity index is 1.64. The molecule has 12 heteroatoms. The van der Waals surface area contributed by atoms with Crippen molar-refractivity contribution in [2.75, 3.05) is 0 Å². The molecule has 3 aromatic carbocycles. The largest absolute Gasteiger partial charge is 0.271 e. The Labute approximate surface area is 204 Å². The molecule has 12 nitrogen and oxygen atoms in total. The third kappa shape index (κ3) is 6.41. The van der Waals surface area contributed by atoms with Gasteiger partial charge in [-0.05, 0) is 37.1 Å². The van der Waals surface area contributed by atoms with Crippen LogP contribution in [-0.4, -0.2) is 33.1 Å². The molecular weight excluding hydrogens is 468 g/mol. The van der Waals surface area contributed by atoms with Gasteiger partial charge in [-0.25, -0.2) is 10.9 Å². The molecule has 0 saturated carbocycles. The first-order valence-electron chi connectivity index (χ1n) is 10.4. The highest BCUT2D eigenvalue weighted by Crippen LogP contribution is 2.14. The number of non-ortho nitro benzene ring substituents is 2. The summed E-state index contributed by atoms with van der Waals surface area (Å²) in [5.74, 6) is -1.17. The maximum Gasteiger partial charge on any atom is 0.271 e. The summed E-state index contributed by atoms with van der Waals surface area (Å²) >= 11 is 0. The molecule has 0 saturated heterocycles. The van der Waals surface area contributed by atoms with Crippen LogP contribution in [-0.2, 0) is 0 Å². The van der Waals surface area contributed by atoms with Crippen molar-refractivity contribution in [2.45, 2.75) is 13.8 Å². The number of rotatable bonds is 8. The molecular formula is C24H20N6O6. The van der Waals surface area contributed by atoms with Crippen LogP contribution in [0, 0.1) is 20.2 Å². The van der Waals surface area contributed by atoms with Crippen molar-refractivity contribution >= 4 is 34.6 Å². The van der Waals surface area contributed by atoms with Gasteiger partial charge in [-0.15, -0.1) is 0 Å². The number of hydrogen-bond donors (Lipinski definition) is 2. The van der Waals surface area contributed by atoms with E-state index in [1.165, 1.54) is 36.4 Å². The van der Waals surface area contributed by atoms with E-state index in [1.807, 2.05) is 0 Å². The van der Waals surface area contributed by atoms with E-state index < -0.39 is 21.7 Å². The van der Waals surface area contributed by atoms with Gasteiger partial charge in [0.2, 0.25) is 0 Å². The normalized spacial score (nSPS) is 11.5. The van der Waals surface area contributed by atoms with Gasteiger partial charge in [0.15, 0.2) is 0 Å². The SMILES string of the molecule is CC(=NNC(=O)c1cccc([N+](=O)[O-])c1)c1ccc(C(C)=NNC(=O)c2cccc([N+](=O)[O-])c2)cc1. The van der Waals surface area contributed by atoms with E-state index in [4.69, 9.17) is 0 Å². The average molecular weight is 488 g/mol. The Hall–Kier alpha value is -5.26. The van der Waals surface area contributed by atoms with E-state index in [1.54, 1.807) is 38.1 Å². The van der Waals surface area contributed by atoms with Crippen molar-refractivity contribution in [3.8, 4) is 0 Å². The first kappa shape index (κ1) is 25.4. The number of carbonyl (C=O) groups is 2. The molecule has 0 aliphatic rings. The van der Waals surface area contributed by atoms with Crippen LogP contribution in [0.1, 0.15) is 45.7 Å². The van der Waals surface area contributed by atoms with Gasteiger partial charge in [0.25, 0.3) is 23.2 Å². The van der Waals surface area contributed by atoms with E-state index in [9.17, 15) is 29.8 Å². The van der Waals surface area contributed by atoms with Crippen LogP contribution in [0.5, 0.6) is 0 Å². The van der Waals surface area contributed by atoms with Gasteiger partial charge in [0, 0.05) is 35.4 Å². The molecule has 3 aromatic rings. The van der Waals surface area contributed by atoms with E-state index in [0.29, 0.717) is 22.6 Å². The maximum absolute atomic E-state index is 12.3. The highest BCUT2D eigenvalue weighted by Gasteiger charge is 2.12. The maximum atomic E-state index is 12.3. The number of hydrazone groups is 2. The third-order valence-electron chi connectivity index (χ3n) is 5.01. The zero-order chi connectivity index (χ0) is 26.2. The zero-order valence-corrected chi connectivity index (χ0v) is 19.2. The van der Waals surface area contributed by atoms with Crippen LogP contribution >= 0.6 is 0 Å². The molecule has 0 radical (unpaired) electrons. The van der Waals surface area contributed by atoms with Crippen LogP contribution in [0.3, 0.4) is 0 Å². The van der Waals surface area contributed by atoms with Gasteiger partial charge >= 0.3 is 0 Å². The summed E-state index contributed by atoms with van der Waals surface area (Å²) in [6.45, 7) is 3.37. The first-order chi connectivity index (χ1) is 17.2. The molecule has 2 amide bonds. The molecule has 3 rings (SSSR count). The lowest BCUT2D eigenvalue weighted by molar-refractivity contribution is -0.385. The van der Waals surface area contributed by atoms with Gasteiger partial charge in [0.1, 0.15) is 0 Å². The van der Waals surface area contributed by atoms with E-state index in [-0.39, 0.29) is 22.5 Å². The van der Waals surface area contributed by atoms with Gasteiger partial charge in [0.05, 0.1) is 21.3 Å². The van der Waals surface area contributed by atoms with E-state index >= 15 is 0 Å². The number of nitro benzene ring substituents is 2. The average Bonchev–Trinajstić information content (AvgIpc) is 2.90. The summed E-state index contributed by atoms with van der Waals surface area (Å²) in [6.07, 6.45) is 0. The van der Waals surface area contributed by atoms with Crippen molar-refractivity contribution in [3.63, 3.8) is 0 Å². The van der Waals surface area contributed by atoms with Crippen molar-refractivity contribution in [1.82, 2.24) is 10.9 Å². The predicted octanol–water partition coefficient (Wildman–Crippen LogP) is 3.81. The molecule has 2 N–H and O–H groups in total. The quantitative estimate of drug-likeness (QED) is 0.277. The second kappa shape index (κ2) is 11.2. The molecule has 0 spiro atoms. The van der Waals surface area contributed by atoms with Gasteiger partial charge < -0.3 is 0 Å². The summed E-state index contributed by atoms with van der Waals surface area (Å²) in [5.41, 5.74) is 6.95. The lowest BCUT2D eigenvalue weighted by Gasteiger charge is -2.06. The molecule has 0 aromatic heterocycles. The highest BCUT2D eigenvalue weighted by molar-refractivity contribution is 6.03. The van der Waals surface area contributed by atoms with Crippen molar-refractivity contribution < 1.29 is 19.4 Å². The summed E-state index contributed by atoms with van der Waals surface area (Å²) in [7, 11) is 0. The van der Waals surface area contributed by atoms with Crippen LogP contribution in [0.15, 0.2) is 83.0 Å². The Bertz CT molecular complexity index is 1290. The van der Waals surface area contributed by atoms with Gasteiger partial charge in [-0.1, -0.05) is 36.4 Å². The lowest BCUT2D eigenvalue weighted by atomic mass is 10.1. The molecule has 0 aliphatic carbocycles. The predicted molar refractivity (Wildman–Crippen MR) is 132 cm³/mol. The molecule has 0 fully saturated rings. The van der Waals surface area contributed by atoms with Gasteiger partial charge in [-0.2, -0.15) is 10.2 Å². The van der Waals surface area contributed by atoms with Crippen LogP contribution in [0.2, 0.25) is 0 Å². The van der Waals surface area contributed by atoms with E-state index in [2.05, 4.69) is 21.1 Å². The monoisotopic (exact) mass is 488 g/mol. The molecule has 0 heterocycles. The number of nitro groups is 2. The lowest BCUT2D eigenvalue weighted by Crippen LogP contribution is -2.20. The number of benzene rings is 3. The molecule has 0 aliphatic heterocycles. The summed E-state index contributed by atoms with van der Waals surface area (Å²) < 4.78 is 0. The Morgan fingerprint density at radius 2 is 1.00 bits per heavy atom. The fraction of sp³-hybridized carbons (Fsp3) is 0.0833. The second-order valence-electron chi connectivity index (χ2n) is 7.47. The minimum atomic E-state index is -0.586. The Kier molecular flexibility index (Phi) is 7.92. The number of nitrogens with zero attached hydrogens (tertiary/aromatic N) is 4. The summed E-state index contributed by atoms with van der Waals surface area (Å²) in [6, 6.07) is 17.6. The molecule has 182 valence electrons. The van der Waals surface area contributed by atoms with Crippen LogP contribution in [0.4, 0.5) is 11.4 Å². The minimum absolute atomic E-state index is 0.107. The van der Waals surface area contributed by atoms with Crippen LogP contribution < -0.4 is 10.9 Å². The summed E-state index contributed by atoms with van der Waals surface area (Å²) in [4.78, 5) is 45.1. The minimum Gasteiger partial charge on any atom is -0.267 e. The Morgan fingerprint density at radius 3 is 1.33 bits per heavy atom. The number of nitrogens with one attached hydrogen (secondary N) is 2. The molecule has 0 atom stereocenters. The fourth-order valence-electron chi connectivity index (χ4n) is 3.00. The first-order valence-corrected chi connectivity index (χ1v) is 10.4. The molecule has 36 heavy (non-hydrogen) atoms. The molecule has 0 bridgehead atoms. The molecule has 0 unspecified atom stereocenters. The Morgan fingerprint density at radius 1 is 0.639 bits per heavy atom. The highest BCUT2D eigenvalue weighted by atomic mass is 16.6. The van der Waals surface area contributed by atoms with E-state index in [0.717, 1.165) is 12.1 Å². The number of hydrogen-bond acceptors (Lipinski definition) is 8. The van der Waals surface area contributed by atoms with Gasteiger partial charge in [-0.3, -0.25) is 29.8 Å². The third-order valence-corrected chi connectivity index (χ3v) is 5.01. The standard InChI is InChI=1S/C24H20N6O6/c1-15(25-27-23(31)19-5-3-7-21(13-19)29(33)34)17-9-11-18(12-10-17)16(2)26-28-24(32)20-6-4-8-22(14-20)30(35)36/h3-14H,1-2H3,(H,27,31)(H,28,32). The van der Waals surface area contributed by atoms with Crippen molar-refractivity contribution in [3.05, 3.63) is 115 Å². The number of amides is 2. The number of carbonyl (C=O) groups excluding carboxylic acids is 2. The van der Waals surface area contributed by atoms with Crippen molar-refractivity contribution in [2.24, 2.45) is 10.2 Å². The summed E-state index contributed by atoms with van der Waals surface area (Å²) in [5, 5.41) is 29.8. The van der Waals surface area contributed by atoms with Crippen molar-refractivity contribution in [1.29, 1.82) is 0 Å². The van der Waals surface area contributed by atoms with Crippen LogP contribution in [0.25, 0.3) is 0 Å². The second-order valence-corrected chi connectivity index (χ2v) is 7.47.